The summed E-state index contributed by atoms with van der Waals surface area (Å²) in [5.74, 6) is -0.976. The minimum Gasteiger partial charge on any atom is -0.382 e. The van der Waals surface area contributed by atoms with Crippen molar-refractivity contribution in [2.45, 2.75) is 6.92 Å². The number of hydrogen-bond acceptors (Lipinski definition) is 5. The molecule has 0 bridgehead atoms. The van der Waals surface area contributed by atoms with Crippen LogP contribution in [0.1, 0.15) is 17.4 Å². The molecule has 0 aliphatic rings. The molecule has 0 radical (unpaired) electrons. The zero-order valence-electron chi connectivity index (χ0n) is 9.07. The fourth-order valence-corrected chi connectivity index (χ4v) is 1.23. The summed E-state index contributed by atoms with van der Waals surface area (Å²) in [6.45, 7) is 2.45. The van der Waals surface area contributed by atoms with Crippen LogP contribution >= 0.6 is 11.6 Å². The molecule has 9 heteroatoms. The van der Waals surface area contributed by atoms with Crippen molar-refractivity contribution in [1.82, 2.24) is 9.97 Å². The number of anilines is 2. The van der Waals surface area contributed by atoms with E-state index in [4.69, 9.17) is 28.8 Å². The summed E-state index contributed by atoms with van der Waals surface area (Å²) in [5.41, 5.74) is 15.5. The number of carbonyl (C=O) groups is 1. The molecule has 1 aromatic rings. The molecule has 0 aliphatic heterocycles. The summed E-state index contributed by atoms with van der Waals surface area (Å²) in [6.07, 6.45) is 0. The molecule has 0 spiro atoms. The van der Waals surface area contributed by atoms with Gasteiger partial charge in [0.25, 0.3) is 0 Å². The van der Waals surface area contributed by atoms with Crippen molar-refractivity contribution < 1.29 is 4.79 Å². The molecule has 1 amide bonds. The molecule has 0 fully saturated rings. The number of nitrogens with zero attached hydrogens (tertiary/aromatic N) is 3. The van der Waals surface area contributed by atoms with Crippen molar-refractivity contribution in [3.63, 3.8) is 0 Å². The van der Waals surface area contributed by atoms with Crippen LogP contribution in [0.4, 0.5) is 11.6 Å². The lowest BCUT2D eigenvalue weighted by molar-refractivity contribution is 0.0998. The highest BCUT2D eigenvalue weighted by Crippen LogP contribution is 2.20. The Balaban J connectivity index is 3.15. The van der Waals surface area contributed by atoms with E-state index < -0.39 is 5.91 Å². The van der Waals surface area contributed by atoms with Crippen LogP contribution in [0.25, 0.3) is 0 Å². The van der Waals surface area contributed by atoms with E-state index in [1.165, 1.54) is 0 Å². The number of hydrogen-bond donors (Lipinski definition) is 4. The number of nitrogens with one attached hydrogen (secondary N) is 1. The molecule has 0 saturated heterocycles. The maximum Gasteiger partial charge on any atom is 0.302 e. The number of nitrogens with two attached hydrogens (primary N) is 3. The molecule has 17 heavy (non-hydrogen) atoms. The van der Waals surface area contributed by atoms with Crippen molar-refractivity contribution in [2.75, 3.05) is 17.6 Å². The molecule has 0 atom stereocenters. The highest BCUT2D eigenvalue weighted by atomic mass is 35.5. The Kier molecular flexibility index (Phi) is 4.05. The number of amides is 1. The van der Waals surface area contributed by atoms with Crippen molar-refractivity contribution in [3.8, 4) is 0 Å². The first-order valence-electron chi connectivity index (χ1n) is 4.66. The lowest BCUT2D eigenvalue weighted by Crippen LogP contribution is -2.24. The van der Waals surface area contributed by atoms with Crippen LogP contribution in [0.3, 0.4) is 0 Å². The van der Waals surface area contributed by atoms with E-state index in [0.717, 1.165) is 0 Å². The van der Waals surface area contributed by atoms with Crippen LogP contribution in [0.15, 0.2) is 4.99 Å². The van der Waals surface area contributed by atoms with Gasteiger partial charge in [0.05, 0.1) is 0 Å². The highest BCUT2D eigenvalue weighted by Gasteiger charge is 2.16. The number of carbonyl (C=O) groups excluding carboxylic acids is 1. The van der Waals surface area contributed by atoms with Crippen molar-refractivity contribution >= 4 is 35.1 Å². The molecule has 8 nitrogen and oxygen atoms in total. The van der Waals surface area contributed by atoms with Crippen LogP contribution in [0.2, 0.25) is 5.15 Å². The first kappa shape index (κ1) is 13.0. The average Bonchev–Trinajstić information content (AvgIpc) is 2.22. The molecule has 0 unspecified atom stereocenters. The number of aliphatic imine (C=N–C) groups is 1. The first-order valence-corrected chi connectivity index (χ1v) is 5.04. The van der Waals surface area contributed by atoms with Crippen molar-refractivity contribution in [1.29, 1.82) is 0 Å². The summed E-state index contributed by atoms with van der Waals surface area (Å²) in [7, 11) is 0. The van der Waals surface area contributed by atoms with Gasteiger partial charge in [-0.3, -0.25) is 4.79 Å². The van der Waals surface area contributed by atoms with Crippen LogP contribution in [0, 0.1) is 0 Å². The van der Waals surface area contributed by atoms with Crippen LogP contribution < -0.4 is 22.5 Å². The number of rotatable bonds is 3. The van der Waals surface area contributed by atoms with Gasteiger partial charge in [0.2, 0.25) is 0 Å². The number of guanidine groups is 1. The predicted molar refractivity (Wildman–Crippen MR) is 65.8 cm³/mol. The van der Waals surface area contributed by atoms with Gasteiger partial charge >= 0.3 is 5.91 Å². The van der Waals surface area contributed by atoms with Gasteiger partial charge in [0.15, 0.2) is 28.4 Å². The van der Waals surface area contributed by atoms with E-state index in [1.807, 2.05) is 6.92 Å². The smallest absolute Gasteiger partial charge is 0.302 e. The van der Waals surface area contributed by atoms with E-state index in [0.29, 0.717) is 12.4 Å². The van der Waals surface area contributed by atoms with E-state index >= 15 is 0 Å². The Morgan fingerprint density at radius 1 is 1.47 bits per heavy atom. The van der Waals surface area contributed by atoms with E-state index in [2.05, 4.69) is 20.3 Å². The molecule has 0 aliphatic carbocycles. The van der Waals surface area contributed by atoms with Gasteiger partial charge in [-0.05, 0) is 6.92 Å². The number of nitrogen functional groups attached to an aromatic ring is 1. The maximum absolute atomic E-state index is 11.5. The Hall–Kier alpha value is -2.09. The van der Waals surface area contributed by atoms with Gasteiger partial charge < -0.3 is 22.5 Å². The van der Waals surface area contributed by atoms with Crippen LogP contribution in [0.5, 0.6) is 0 Å². The molecule has 1 rings (SSSR count). The zero-order valence-corrected chi connectivity index (χ0v) is 9.82. The van der Waals surface area contributed by atoms with Gasteiger partial charge in [-0.15, -0.1) is 0 Å². The third kappa shape index (κ3) is 3.18. The number of halogens is 1. The molecule has 1 heterocycles. The monoisotopic (exact) mass is 257 g/mol. The van der Waals surface area contributed by atoms with Crippen LogP contribution in [-0.2, 0) is 0 Å². The normalized spacial score (nSPS) is 9.76. The Morgan fingerprint density at radius 3 is 2.65 bits per heavy atom. The molecule has 92 valence electrons. The fraction of sp³-hybridized carbons (Fsp3) is 0.250. The standard InChI is InChI=1S/C8H12ClN7O/c1-2-13-6-4(9)14-3(5(10)15-6)7(17)16-8(11)12/h2H2,1H3,(H3,10,13,15)(H4,11,12,16,17). The first-order chi connectivity index (χ1) is 7.95. The van der Waals surface area contributed by atoms with E-state index in [9.17, 15) is 4.79 Å². The largest absolute Gasteiger partial charge is 0.382 e. The molecule has 0 saturated carbocycles. The minimum atomic E-state index is -0.792. The van der Waals surface area contributed by atoms with Gasteiger partial charge in [-0.25, -0.2) is 9.97 Å². The summed E-state index contributed by atoms with van der Waals surface area (Å²) in [6, 6.07) is 0. The second kappa shape index (κ2) is 5.30. The second-order valence-electron chi connectivity index (χ2n) is 2.97. The van der Waals surface area contributed by atoms with Gasteiger partial charge in [-0.2, -0.15) is 4.99 Å². The number of aromatic nitrogens is 2. The predicted octanol–water partition coefficient (Wildman–Crippen LogP) is -0.442. The summed E-state index contributed by atoms with van der Waals surface area (Å²) >= 11 is 5.81. The maximum atomic E-state index is 11.5. The summed E-state index contributed by atoms with van der Waals surface area (Å²) in [5, 5.41) is 2.86. The quantitative estimate of drug-likeness (QED) is 0.424. The minimum absolute atomic E-state index is 0.0233. The third-order valence-corrected chi connectivity index (χ3v) is 1.92. The Morgan fingerprint density at radius 2 is 2.12 bits per heavy atom. The lowest BCUT2D eigenvalue weighted by Gasteiger charge is -2.07. The fourth-order valence-electron chi connectivity index (χ4n) is 1.04. The van der Waals surface area contributed by atoms with Gasteiger partial charge in [0, 0.05) is 6.54 Å². The van der Waals surface area contributed by atoms with Gasteiger partial charge in [0.1, 0.15) is 0 Å². The average molecular weight is 258 g/mol. The summed E-state index contributed by atoms with van der Waals surface area (Å²) < 4.78 is 0. The van der Waals surface area contributed by atoms with E-state index in [1.54, 1.807) is 0 Å². The van der Waals surface area contributed by atoms with Crippen LogP contribution in [-0.4, -0.2) is 28.4 Å². The molecular weight excluding hydrogens is 246 g/mol. The second-order valence-corrected chi connectivity index (χ2v) is 3.33. The lowest BCUT2D eigenvalue weighted by atomic mass is 10.4. The van der Waals surface area contributed by atoms with E-state index in [-0.39, 0.29) is 22.6 Å². The molecular formula is C8H12ClN7O. The SMILES string of the molecule is CCNc1nc(N)c(C(=O)N=C(N)N)nc1Cl. The zero-order chi connectivity index (χ0) is 13.0. The Labute approximate surface area is 102 Å². The van der Waals surface area contributed by atoms with Crippen molar-refractivity contribution in [3.05, 3.63) is 10.8 Å². The van der Waals surface area contributed by atoms with Crippen molar-refractivity contribution in [2.24, 2.45) is 16.5 Å². The molecule has 0 aromatic carbocycles. The molecule has 7 N–H and O–H groups in total. The summed E-state index contributed by atoms with van der Waals surface area (Å²) in [4.78, 5) is 22.5. The Bertz CT molecular complexity index is 469. The third-order valence-electron chi connectivity index (χ3n) is 1.66. The molecule has 1 aromatic heterocycles. The topological polar surface area (TPSA) is 145 Å². The highest BCUT2D eigenvalue weighted by molar-refractivity contribution is 6.32. The van der Waals surface area contributed by atoms with Gasteiger partial charge in [-0.1, -0.05) is 11.6 Å².